The van der Waals surface area contributed by atoms with Gasteiger partial charge in [-0.3, -0.25) is 23.0 Å². The second kappa shape index (κ2) is 14.5. The van der Waals surface area contributed by atoms with Crippen LogP contribution in [0.3, 0.4) is 0 Å². The average Bonchev–Trinajstić information content (AvgIpc) is 2.93. The van der Waals surface area contributed by atoms with E-state index >= 15 is 0 Å². The molecule has 3 aromatic rings. The van der Waals surface area contributed by atoms with Crippen LogP contribution in [0.25, 0.3) is 0 Å². The van der Waals surface area contributed by atoms with E-state index in [-0.39, 0.29) is 19.8 Å². The Morgan fingerprint density at radius 2 is 0.974 bits per heavy atom. The highest BCUT2D eigenvalue weighted by atomic mass is 31.2. The van der Waals surface area contributed by atoms with Crippen molar-refractivity contribution in [2.45, 2.75) is 39.0 Å². The zero-order chi connectivity index (χ0) is 28.3. The molecule has 0 saturated heterocycles. The maximum atomic E-state index is 13.3. The number of hydrogen-bond acceptors (Lipinski definition) is 9. The number of Topliss-reactive ketones (excluding diaryl/α,β-unsaturated/α-hetero) is 1. The molecule has 0 aliphatic rings. The van der Waals surface area contributed by atoms with E-state index in [2.05, 4.69) is 0 Å². The Labute approximate surface area is 228 Å². The van der Waals surface area contributed by atoms with Crippen molar-refractivity contribution in [3.8, 4) is 0 Å². The van der Waals surface area contributed by atoms with E-state index in [0.717, 1.165) is 18.1 Å². The maximum absolute atomic E-state index is 13.3. The van der Waals surface area contributed by atoms with Crippen LogP contribution in [-0.4, -0.2) is 37.3 Å². The molecular weight excluding hydrogens is 542 g/mol. The summed E-state index contributed by atoms with van der Waals surface area (Å²) in [5.74, 6) is -1.74. The fraction of sp³-hybridized carbons (Fsp3) is 0.286. The molecule has 0 aromatic heterocycles. The fourth-order valence-electron chi connectivity index (χ4n) is 3.38. The number of hydrogen-bond donors (Lipinski definition) is 0. The van der Waals surface area contributed by atoms with Crippen LogP contribution in [0.5, 0.6) is 0 Å². The summed E-state index contributed by atoms with van der Waals surface area (Å²) in [7, 11) is -7.86. The minimum absolute atomic E-state index is 0.0598. The number of carbonyl (C=O) groups is 2. The van der Waals surface area contributed by atoms with Gasteiger partial charge in [0.2, 0.25) is 0 Å². The molecule has 0 amide bonds. The molecule has 2 unspecified atom stereocenters. The number of esters is 1. The molecular formula is C28H32O9P2. The van der Waals surface area contributed by atoms with E-state index in [9.17, 15) is 18.7 Å². The summed E-state index contributed by atoms with van der Waals surface area (Å²) in [6.07, 6.45) is -3.58. The standard InChI is InChI=1S/C28H32O9P2/c1-22(29)26(36-38(2,31)34-20-24-15-9-5-10-16-24)27(28(30)33-19-23-13-7-4-8-14-23)37-39(3,32)35-21-25-17-11-6-12-18-25/h4-18,26-27H,19-21H2,1-3H3/t26-,27+,38?,39?/m0/s1. The van der Waals surface area contributed by atoms with E-state index < -0.39 is 39.2 Å². The van der Waals surface area contributed by atoms with Crippen molar-refractivity contribution in [1.29, 1.82) is 0 Å². The van der Waals surface area contributed by atoms with Crippen LogP contribution >= 0.6 is 15.2 Å². The zero-order valence-corrected chi connectivity index (χ0v) is 23.8. The lowest BCUT2D eigenvalue weighted by molar-refractivity contribution is -0.161. The van der Waals surface area contributed by atoms with Gasteiger partial charge in [-0.1, -0.05) is 91.0 Å². The molecule has 0 bridgehead atoms. The van der Waals surface area contributed by atoms with Crippen LogP contribution in [0.15, 0.2) is 91.0 Å². The molecule has 0 saturated carbocycles. The molecule has 0 heterocycles. The molecule has 9 nitrogen and oxygen atoms in total. The third-order valence-corrected chi connectivity index (χ3v) is 7.78. The van der Waals surface area contributed by atoms with E-state index in [0.29, 0.717) is 5.56 Å². The predicted molar refractivity (Wildman–Crippen MR) is 146 cm³/mol. The number of carbonyl (C=O) groups excluding carboxylic acids is 2. The molecule has 0 N–H and O–H groups in total. The summed E-state index contributed by atoms with van der Waals surface area (Å²) >= 11 is 0. The van der Waals surface area contributed by atoms with Crippen molar-refractivity contribution in [1.82, 2.24) is 0 Å². The molecule has 3 aromatic carbocycles. The minimum atomic E-state index is -3.95. The number of rotatable bonds is 15. The molecule has 0 aliphatic heterocycles. The molecule has 3 rings (SSSR count). The second-order valence-corrected chi connectivity index (χ2v) is 12.8. The SMILES string of the molecule is CC(=O)[C@H](OP(C)(=O)OCc1ccccc1)[C@@H](OP(C)(=O)OCc1ccccc1)C(=O)OCc1ccccc1. The summed E-state index contributed by atoms with van der Waals surface area (Å²) in [4.78, 5) is 25.9. The largest absolute Gasteiger partial charge is 0.459 e. The highest BCUT2D eigenvalue weighted by molar-refractivity contribution is 7.53. The normalized spacial score (nSPS) is 15.9. The molecule has 0 spiro atoms. The van der Waals surface area contributed by atoms with Crippen LogP contribution in [0.2, 0.25) is 0 Å². The molecule has 0 radical (unpaired) electrons. The van der Waals surface area contributed by atoms with Gasteiger partial charge in [0.1, 0.15) is 6.61 Å². The lowest BCUT2D eigenvalue weighted by Gasteiger charge is -2.28. The summed E-state index contributed by atoms with van der Waals surface area (Å²) < 4.78 is 53.9. The van der Waals surface area contributed by atoms with Crippen LogP contribution < -0.4 is 0 Å². The summed E-state index contributed by atoms with van der Waals surface area (Å²) in [5.41, 5.74) is 2.13. The number of ether oxygens (including phenoxy) is 1. The van der Waals surface area contributed by atoms with E-state index in [1.54, 1.807) is 72.8 Å². The lowest BCUT2D eigenvalue weighted by Crippen LogP contribution is -2.43. The van der Waals surface area contributed by atoms with Gasteiger partial charge in [0.25, 0.3) is 0 Å². The summed E-state index contributed by atoms with van der Waals surface area (Å²) in [6.45, 7) is 3.21. The number of benzene rings is 3. The van der Waals surface area contributed by atoms with Gasteiger partial charge in [-0.15, -0.1) is 0 Å². The first-order chi connectivity index (χ1) is 18.5. The van der Waals surface area contributed by atoms with Crippen molar-refractivity contribution in [3.63, 3.8) is 0 Å². The Hall–Kier alpha value is -2.90. The first kappa shape index (κ1) is 30.6. The van der Waals surface area contributed by atoms with Crippen LogP contribution in [-0.2, 0) is 61.4 Å². The Morgan fingerprint density at radius 1 is 0.615 bits per heavy atom. The van der Waals surface area contributed by atoms with E-state index in [1.165, 1.54) is 13.3 Å². The van der Waals surface area contributed by atoms with Gasteiger partial charge in [-0.2, -0.15) is 0 Å². The fourth-order valence-corrected chi connectivity index (χ4v) is 5.55. The molecule has 0 fully saturated rings. The minimum Gasteiger partial charge on any atom is -0.459 e. The first-order valence-corrected chi connectivity index (χ1v) is 16.1. The topological polar surface area (TPSA) is 114 Å². The van der Waals surface area contributed by atoms with Gasteiger partial charge in [-0.25, -0.2) is 4.79 Å². The Bertz CT molecular complexity index is 1300. The lowest BCUT2D eigenvalue weighted by atomic mass is 10.1. The Balaban J connectivity index is 1.78. The third kappa shape index (κ3) is 10.6. The number of ketones is 1. The van der Waals surface area contributed by atoms with Crippen molar-refractivity contribution in [2.75, 3.05) is 13.3 Å². The Morgan fingerprint density at radius 3 is 1.36 bits per heavy atom. The van der Waals surface area contributed by atoms with Gasteiger partial charge >= 0.3 is 21.2 Å². The van der Waals surface area contributed by atoms with Crippen molar-refractivity contribution >= 4 is 26.9 Å². The maximum Gasteiger partial charge on any atom is 0.339 e. The highest BCUT2D eigenvalue weighted by Crippen LogP contribution is 2.50. The van der Waals surface area contributed by atoms with Crippen molar-refractivity contribution in [2.24, 2.45) is 0 Å². The second-order valence-electron chi connectivity index (χ2n) is 8.82. The van der Waals surface area contributed by atoms with E-state index in [1.807, 2.05) is 18.2 Å². The molecule has 11 heteroatoms. The van der Waals surface area contributed by atoms with Crippen LogP contribution in [0.1, 0.15) is 23.6 Å². The smallest absolute Gasteiger partial charge is 0.339 e. The Kier molecular flexibility index (Phi) is 11.4. The first-order valence-electron chi connectivity index (χ1n) is 12.1. The molecule has 0 aliphatic carbocycles. The molecule has 208 valence electrons. The quantitative estimate of drug-likeness (QED) is 0.155. The molecule has 4 atom stereocenters. The van der Waals surface area contributed by atoms with Gasteiger partial charge < -0.3 is 13.8 Å². The summed E-state index contributed by atoms with van der Waals surface area (Å²) in [5, 5.41) is 0. The summed E-state index contributed by atoms with van der Waals surface area (Å²) in [6, 6.07) is 26.7. The van der Waals surface area contributed by atoms with Gasteiger partial charge in [-0.05, 0) is 23.6 Å². The third-order valence-electron chi connectivity index (χ3n) is 5.36. The van der Waals surface area contributed by atoms with Gasteiger partial charge in [0.15, 0.2) is 18.0 Å². The van der Waals surface area contributed by atoms with Crippen molar-refractivity contribution < 1.29 is 41.6 Å². The average molecular weight is 575 g/mol. The van der Waals surface area contributed by atoms with E-state index in [4.69, 9.17) is 22.8 Å². The van der Waals surface area contributed by atoms with Gasteiger partial charge in [0, 0.05) is 13.3 Å². The predicted octanol–water partition coefficient (Wildman–Crippen LogP) is 6.17. The monoisotopic (exact) mass is 574 g/mol. The van der Waals surface area contributed by atoms with Crippen molar-refractivity contribution in [3.05, 3.63) is 108 Å². The van der Waals surface area contributed by atoms with Crippen LogP contribution in [0.4, 0.5) is 0 Å². The highest BCUT2D eigenvalue weighted by Gasteiger charge is 2.43. The zero-order valence-electron chi connectivity index (χ0n) is 22.0. The van der Waals surface area contributed by atoms with Gasteiger partial charge in [0.05, 0.1) is 13.2 Å². The molecule has 39 heavy (non-hydrogen) atoms. The van der Waals surface area contributed by atoms with Crippen LogP contribution in [0, 0.1) is 0 Å².